The van der Waals surface area contributed by atoms with Gasteiger partial charge in [0.25, 0.3) is 0 Å². The number of alkyl halides is 3. The van der Waals surface area contributed by atoms with Crippen LogP contribution in [0.5, 0.6) is 0 Å². The van der Waals surface area contributed by atoms with Gasteiger partial charge in [0.15, 0.2) is 0 Å². The van der Waals surface area contributed by atoms with Crippen LogP contribution in [0.25, 0.3) is 0 Å². The van der Waals surface area contributed by atoms with Gasteiger partial charge in [0.1, 0.15) is 6.29 Å². The van der Waals surface area contributed by atoms with Crippen LogP contribution in [0.2, 0.25) is 0 Å². The number of nitrogens with zero attached hydrogens (tertiary/aromatic N) is 4. The van der Waals surface area contributed by atoms with Crippen LogP contribution in [0.3, 0.4) is 0 Å². The first-order valence-electron chi connectivity index (χ1n) is 8.01. The van der Waals surface area contributed by atoms with Crippen molar-refractivity contribution in [3.05, 3.63) is 18.0 Å². The Balaban J connectivity index is 1.92. The Morgan fingerprint density at radius 1 is 1.25 bits per heavy atom. The zero-order valence-corrected chi connectivity index (χ0v) is 13.6. The minimum Gasteiger partial charge on any atom is -0.338 e. The molecule has 1 aromatic rings. The molecule has 2 heterocycles. The van der Waals surface area contributed by atoms with E-state index in [0.29, 0.717) is 25.5 Å². The number of hydrogen-bond donors (Lipinski definition) is 1. The second kappa shape index (κ2) is 8.39. The number of anilines is 1. The number of nitrogens with one attached hydrogen (secondary N) is 1. The molecule has 1 saturated heterocycles. The van der Waals surface area contributed by atoms with Gasteiger partial charge >= 0.3 is 6.18 Å². The van der Waals surface area contributed by atoms with Crippen LogP contribution in [-0.2, 0) is 11.0 Å². The predicted octanol–water partition coefficient (Wildman–Crippen LogP) is 1.53. The number of halogens is 3. The summed E-state index contributed by atoms with van der Waals surface area (Å²) in [7, 11) is 0. The molecule has 2 rings (SSSR count). The average molecular weight is 345 g/mol. The third kappa shape index (κ3) is 4.88. The molecule has 134 valence electrons. The fraction of sp³-hybridized carbons (Fsp3) is 0.667. The molecule has 0 saturated carbocycles. The highest BCUT2D eigenvalue weighted by Crippen LogP contribution is 2.28. The second-order valence-corrected chi connectivity index (χ2v) is 5.61. The highest BCUT2D eigenvalue weighted by Gasteiger charge is 2.32. The third-order valence-electron chi connectivity index (χ3n) is 4.00. The standard InChI is InChI=1S/C15H22F3N5O/c1-2-19-13(4-3-9-24)22-5-7-23(8-6-22)14-20-10-12(11-21-14)15(16,17)18/h9-11,13,19H,2-8H2,1H3/t13-/m0/s1. The Hall–Kier alpha value is -1.74. The molecule has 1 fully saturated rings. The van der Waals surface area contributed by atoms with Crippen LogP contribution in [0.4, 0.5) is 19.1 Å². The fourth-order valence-electron chi connectivity index (χ4n) is 2.74. The van der Waals surface area contributed by atoms with Crippen LogP contribution in [0.15, 0.2) is 12.4 Å². The lowest BCUT2D eigenvalue weighted by Gasteiger charge is -2.39. The second-order valence-electron chi connectivity index (χ2n) is 5.61. The first kappa shape index (κ1) is 18.6. The van der Waals surface area contributed by atoms with E-state index in [2.05, 4.69) is 20.2 Å². The number of carbonyl (C=O) groups is 1. The number of rotatable bonds is 7. The van der Waals surface area contributed by atoms with Crippen molar-refractivity contribution < 1.29 is 18.0 Å². The molecule has 1 aliphatic rings. The van der Waals surface area contributed by atoms with E-state index in [1.165, 1.54) is 0 Å². The molecule has 0 amide bonds. The zero-order chi connectivity index (χ0) is 17.6. The van der Waals surface area contributed by atoms with Gasteiger partial charge in [-0.05, 0) is 13.0 Å². The first-order chi connectivity index (χ1) is 11.5. The van der Waals surface area contributed by atoms with E-state index >= 15 is 0 Å². The van der Waals surface area contributed by atoms with E-state index in [-0.39, 0.29) is 6.17 Å². The SMILES string of the molecule is CCN[C@H](CCC=O)N1CCN(c2ncc(C(F)(F)F)cn2)CC1. The molecule has 9 heteroatoms. The smallest absolute Gasteiger partial charge is 0.338 e. The summed E-state index contributed by atoms with van der Waals surface area (Å²) in [6.07, 6.45) is -0.490. The monoisotopic (exact) mass is 345 g/mol. The Morgan fingerprint density at radius 2 is 1.88 bits per heavy atom. The number of carbonyl (C=O) groups excluding carboxylic acids is 1. The van der Waals surface area contributed by atoms with Crippen LogP contribution >= 0.6 is 0 Å². The molecule has 0 aliphatic carbocycles. The van der Waals surface area contributed by atoms with Gasteiger partial charge < -0.3 is 15.0 Å². The highest BCUT2D eigenvalue weighted by atomic mass is 19.4. The molecule has 0 bridgehead atoms. The Bertz CT molecular complexity index is 515. The van der Waals surface area contributed by atoms with Crippen molar-refractivity contribution in [1.82, 2.24) is 20.2 Å². The predicted molar refractivity (Wildman–Crippen MR) is 83.6 cm³/mol. The van der Waals surface area contributed by atoms with E-state index in [9.17, 15) is 18.0 Å². The van der Waals surface area contributed by atoms with Crippen molar-refractivity contribution in [3.8, 4) is 0 Å². The number of aldehydes is 1. The van der Waals surface area contributed by atoms with Crippen molar-refractivity contribution in [2.45, 2.75) is 32.1 Å². The minimum absolute atomic E-state index is 0.135. The molecule has 6 nitrogen and oxygen atoms in total. The topological polar surface area (TPSA) is 61.4 Å². The quantitative estimate of drug-likeness (QED) is 0.757. The summed E-state index contributed by atoms with van der Waals surface area (Å²) in [5.41, 5.74) is -0.842. The molecule has 1 N–H and O–H groups in total. The highest BCUT2D eigenvalue weighted by molar-refractivity contribution is 5.49. The molecular weight excluding hydrogens is 323 g/mol. The summed E-state index contributed by atoms with van der Waals surface area (Å²) in [5, 5.41) is 3.36. The maximum atomic E-state index is 12.5. The summed E-state index contributed by atoms with van der Waals surface area (Å²) in [5.74, 6) is 0.315. The van der Waals surface area contributed by atoms with Gasteiger partial charge in [0.2, 0.25) is 5.95 Å². The molecule has 0 radical (unpaired) electrons. The summed E-state index contributed by atoms with van der Waals surface area (Å²) in [6.45, 7) is 5.57. The lowest BCUT2D eigenvalue weighted by Crippen LogP contribution is -2.55. The molecule has 1 aromatic heterocycles. The summed E-state index contributed by atoms with van der Waals surface area (Å²) >= 11 is 0. The maximum absolute atomic E-state index is 12.5. The van der Waals surface area contributed by atoms with Gasteiger partial charge in [-0.1, -0.05) is 6.92 Å². The Labute approximate surface area is 139 Å². The van der Waals surface area contributed by atoms with Crippen molar-refractivity contribution >= 4 is 12.2 Å². The molecule has 0 spiro atoms. The molecule has 1 aliphatic heterocycles. The van der Waals surface area contributed by atoms with Gasteiger partial charge in [-0.25, -0.2) is 9.97 Å². The van der Waals surface area contributed by atoms with Crippen molar-refractivity contribution in [2.24, 2.45) is 0 Å². The number of piperazine rings is 1. The van der Waals surface area contributed by atoms with Crippen LogP contribution in [0.1, 0.15) is 25.3 Å². The van der Waals surface area contributed by atoms with Crippen molar-refractivity contribution in [2.75, 3.05) is 37.6 Å². The van der Waals surface area contributed by atoms with E-state index in [1.807, 2.05) is 11.8 Å². The lowest BCUT2D eigenvalue weighted by molar-refractivity contribution is -0.138. The van der Waals surface area contributed by atoms with E-state index in [0.717, 1.165) is 44.7 Å². The maximum Gasteiger partial charge on any atom is 0.419 e. The largest absolute Gasteiger partial charge is 0.419 e. The van der Waals surface area contributed by atoms with Crippen LogP contribution in [0, 0.1) is 0 Å². The Kier molecular flexibility index (Phi) is 6.50. The van der Waals surface area contributed by atoms with Gasteiger partial charge in [-0.15, -0.1) is 0 Å². The van der Waals surface area contributed by atoms with E-state index in [1.54, 1.807) is 0 Å². The molecule has 0 unspecified atom stereocenters. The van der Waals surface area contributed by atoms with Crippen LogP contribution in [-0.4, -0.2) is 60.0 Å². The minimum atomic E-state index is -4.42. The normalized spacial score (nSPS) is 17.8. The number of hydrogen-bond acceptors (Lipinski definition) is 6. The summed E-state index contributed by atoms with van der Waals surface area (Å²) in [4.78, 5) is 22.4. The van der Waals surface area contributed by atoms with Crippen LogP contribution < -0.4 is 10.2 Å². The molecular formula is C15H22F3N5O. The van der Waals surface area contributed by atoms with Crippen molar-refractivity contribution in [3.63, 3.8) is 0 Å². The summed E-state index contributed by atoms with van der Waals surface area (Å²) in [6, 6.07) is 0. The zero-order valence-electron chi connectivity index (χ0n) is 13.6. The number of aromatic nitrogens is 2. The van der Waals surface area contributed by atoms with Gasteiger partial charge in [0, 0.05) is 45.0 Å². The van der Waals surface area contributed by atoms with E-state index < -0.39 is 11.7 Å². The Morgan fingerprint density at radius 3 is 2.38 bits per heavy atom. The van der Waals surface area contributed by atoms with Gasteiger partial charge in [-0.2, -0.15) is 13.2 Å². The van der Waals surface area contributed by atoms with Gasteiger partial charge in [0.05, 0.1) is 11.7 Å². The molecule has 1 atom stereocenters. The summed E-state index contributed by atoms with van der Waals surface area (Å²) < 4.78 is 37.6. The fourth-order valence-corrected chi connectivity index (χ4v) is 2.74. The van der Waals surface area contributed by atoms with E-state index in [4.69, 9.17) is 0 Å². The third-order valence-corrected chi connectivity index (χ3v) is 4.00. The molecule has 0 aromatic carbocycles. The first-order valence-corrected chi connectivity index (χ1v) is 8.01. The average Bonchev–Trinajstić information content (AvgIpc) is 2.58. The molecule has 24 heavy (non-hydrogen) atoms. The van der Waals surface area contributed by atoms with Crippen molar-refractivity contribution in [1.29, 1.82) is 0 Å². The lowest BCUT2D eigenvalue weighted by atomic mass is 10.2. The van der Waals surface area contributed by atoms with Gasteiger partial charge in [-0.3, -0.25) is 4.90 Å².